The van der Waals surface area contributed by atoms with E-state index in [-0.39, 0.29) is 16.8 Å². The Labute approximate surface area is 197 Å². The van der Waals surface area contributed by atoms with Crippen LogP contribution in [0.1, 0.15) is 30.9 Å². The van der Waals surface area contributed by atoms with Gasteiger partial charge in [-0.15, -0.1) is 0 Å². The number of fused-ring (bicyclic) bond motifs is 1. The van der Waals surface area contributed by atoms with E-state index in [1.54, 1.807) is 12.1 Å². The molecule has 0 fully saturated rings. The van der Waals surface area contributed by atoms with Gasteiger partial charge in [0.1, 0.15) is 22.0 Å². The molecule has 1 amide bonds. The molecule has 4 rings (SSSR count). The number of rotatable bonds is 8. The van der Waals surface area contributed by atoms with Crippen LogP contribution in [0.25, 0.3) is 11.0 Å². The molecule has 0 radical (unpaired) electrons. The third kappa shape index (κ3) is 5.44. The summed E-state index contributed by atoms with van der Waals surface area (Å²) in [5, 5.41) is 2.84. The Bertz CT molecular complexity index is 1350. The molecule has 0 saturated heterocycles. The molecule has 9 heteroatoms. The van der Waals surface area contributed by atoms with E-state index in [0.717, 1.165) is 22.9 Å². The van der Waals surface area contributed by atoms with Crippen LogP contribution in [0.2, 0.25) is 0 Å². The Kier molecular flexibility index (Phi) is 6.83. The summed E-state index contributed by atoms with van der Waals surface area (Å²) in [5.41, 5.74) is 3.38. The van der Waals surface area contributed by atoms with Crippen LogP contribution in [0.5, 0.6) is 0 Å². The molecule has 1 heterocycles. The molecule has 0 aliphatic carbocycles. The lowest BCUT2D eigenvalue weighted by Crippen LogP contribution is -2.45. The molecular weight excluding hydrogens is 456 g/mol. The molecular formula is C24H24N4O3S2. The molecule has 33 heavy (non-hydrogen) atoms. The number of hydrogen-bond donors (Lipinski definition) is 2. The van der Waals surface area contributed by atoms with Crippen molar-refractivity contribution in [1.29, 1.82) is 0 Å². The Morgan fingerprint density at radius 3 is 2.36 bits per heavy atom. The third-order valence-corrected chi connectivity index (χ3v) is 7.33. The zero-order valence-electron chi connectivity index (χ0n) is 18.2. The van der Waals surface area contributed by atoms with Gasteiger partial charge in [-0.3, -0.25) is 4.79 Å². The first kappa shape index (κ1) is 23.0. The van der Waals surface area contributed by atoms with Gasteiger partial charge in [0, 0.05) is 5.69 Å². The fourth-order valence-electron chi connectivity index (χ4n) is 3.47. The highest BCUT2D eigenvalue weighted by Gasteiger charge is 2.28. The highest BCUT2D eigenvalue weighted by Crippen LogP contribution is 2.22. The van der Waals surface area contributed by atoms with Crippen molar-refractivity contribution in [2.45, 2.75) is 37.1 Å². The molecule has 4 aromatic rings. The van der Waals surface area contributed by atoms with Crippen LogP contribution < -0.4 is 10.0 Å². The van der Waals surface area contributed by atoms with Crippen molar-refractivity contribution in [3.63, 3.8) is 0 Å². The minimum atomic E-state index is -4.04. The zero-order valence-corrected chi connectivity index (χ0v) is 19.9. The summed E-state index contributed by atoms with van der Waals surface area (Å²) in [5.74, 6) is -0.0707. The average molecular weight is 481 g/mol. The molecule has 2 N–H and O–H groups in total. The zero-order chi connectivity index (χ0) is 23.4. The van der Waals surface area contributed by atoms with E-state index in [4.69, 9.17) is 0 Å². The van der Waals surface area contributed by atoms with Gasteiger partial charge in [-0.1, -0.05) is 62.4 Å². The number of nitrogens with zero attached hydrogens (tertiary/aromatic N) is 2. The van der Waals surface area contributed by atoms with E-state index in [1.807, 2.05) is 54.6 Å². The van der Waals surface area contributed by atoms with Crippen LogP contribution in [0.15, 0.2) is 77.7 Å². The Hall–Kier alpha value is -3.14. The SMILES string of the molecule is CC(C)c1ccc(NC(=O)C(Cc2ccccc2)NS(=O)(=O)c2cccc3nsnc23)cc1. The largest absolute Gasteiger partial charge is 0.325 e. The highest BCUT2D eigenvalue weighted by atomic mass is 32.2. The minimum absolute atomic E-state index is 0.000831. The second-order valence-corrected chi connectivity index (χ2v) is 10.2. The van der Waals surface area contributed by atoms with Crippen LogP contribution in [0.3, 0.4) is 0 Å². The normalized spacial score (nSPS) is 12.7. The first-order valence-electron chi connectivity index (χ1n) is 10.5. The highest BCUT2D eigenvalue weighted by molar-refractivity contribution is 7.89. The number of carbonyl (C=O) groups excluding carboxylic acids is 1. The summed E-state index contributed by atoms with van der Waals surface area (Å²) < 4.78 is 37.4. The maximum atomic E-state index is 13.3. The fourth-order valence-corrected chi connectivity index (χ4v) is 5.43. The standard InChI is InChI=1S/C24H24N4O3S2/c1-16(2)18-11-13-19(14-12-18)25-24(29)21(15-17-7-4-3-5-8-17)28-33(30,31)22-10-6-9-20-23(22)27-32-26-20/h3-14,16,21,28H,15H2,1-2H3,(H,25,29). The van der Waals surface area contributed by atoms with Crippen LogP contribution in [0, 0.1) is 0 Å². The number of amides is 1. The third-order valence-electron chi connectivity index (χ3n) is 5.28. The number of carbonyl (C=O) groups is 1. The molecule has 1 aromatic heterocycles. The summed E-state index contributed by atoms with van der Waals surface area (Å²) in [6, 6.07) is 20.6. The molecule has 7 nitrogen and oxygen atoms in total. The Balaban J connectivity index is 1.61. The van der Waals surface area contributed by atoms with Gasteiger partial charge in [0.2, 0.25) is 15.9 Å². The lowest BCUT2D eigenvalue weighted by molar-refractivity contribution is -0.117. The molecule has 0 bridgehead atoms. The lowest BCUT2D eigenvalue weighted by Gasteiger charge is -2.19. The van der Waals surface area contributed by atoms with E-state index in [1.165, 1.54) is 6.07 Å². The van der Waals surface area contributed by atoms with Gasteiger partial charge in [0.25, 0.3) is 0 Å². The van der Waals surface area contributed by atoms with Gasteiger partial charge in [-0.05, 0) is 47.7 Å². The maximum Gasteiger partial charge on any atom is 0.243 e. The molecule has 0 aliphatic rings. The summed E-state index contributed by atoms with van der Waals surface area (Å²) in [6.45, 7) is 4.19. The molecule has 0 spiro atoms. The Morgan fingerprint density at radius 1 is 0.939 bits per heavy atom. The van der Waals surface area contributed by atoms with Gasteiger partial charge < -0.3 is 5.32 Å². The summed E-state index contributed by atoms with van der Waals surface area (Å²) in [7, 11) is -4.04. The summed E-state index contributed by atoms with van der Waals surface area (Å²) >= 11 is 0.944. The maximum absolute atomic E-state index is 13.3. The van der Waals surface area contributed by atoms with Crippen LogP contribution >= 0.6 is 11.7 Å². The minimum Gasteiger partial charge on any atom is -0.325 e. The number of sulfonamides is 1. The smallest absolute Gasteiger partial charge is 0.243 e. The van der Waals surface area contributed by atoms with Gasteiger partial charge in [0.05, 0.1) is 11.7 Å². The van der Waals surface area contributed by atoms with Crippen molar-refractivity contribution in [3.8, 4) is 0 Å². The number of benzene rings is 3. The second kappa shape index (κ2) is 9.78. The van der Waals surface area contributed by atoms with Gasteiger partial charge in [0.15, 0.2) is 0 Å². The van der Waals surface area contributed by atoms with E-state index >= 15 is 0 Å². The van der Waals surface area contributed by atoms with E-state index < -0.39 is 22.0 Å². The van der Waals surface area contributed by atoms with Crippen molar-refractivity contribution < 1.29 is 13.2 Å². The van der Waals surface area contributed by atoms with E-state index in [2.05, 4.69) is 32.6 Å². The topological polar surface area (TPSA) is 101 Å². The van der Waals surface area contributed by atoms with E-state index in [0.29, 0.717) is 17.1 Å². The molecule has 1 atom stereocenters. The second-order valence-electron chi connectivity index (χ2n) is 8.02. The fraction of sp³-hybridized carbons (Fsp3) is 0.208. The number of nitrogens with one attached hydrogen (secondary N) is 2. The number of anilines is 1. The molecule has 170 valence electrons. The molecule has 3 aromatic carbocycles. The predicted molar refractivity (Wildman–Crippen MR) is 131 cm³/mol. The summed E-state index contributed by atoms with van der Waals surface area (Å²) in [6.07, 6.45) is 0.196. The van der Waals surface area contributed by atoms with Crippen molar-refractivity contribution in [3.05, 3.63) is 83.9 Å². The van der Waals surface area contributed by atoms with Gasteiger partial charge in [-0.2, -0.15) is 13.5 Å². The lowest BCUT2D eigenvalue weighted by atomic mass is 10.0. The summed E-state index contributed by atoms with van der Waals surface area (Å²) in [4.78, 5) is 13.2. The number of aromatic nitrogens is 2. The van der Waals surface area contributed by atoms with Gasteiger partial charge >= 0.3 is 0 Å². The molecule has 0 saturated carbocycles. The first-order chi connectivity index (χ1) is 15.8. The first-order valence-corrected chi connectivity index (χ1v) is 12.7. The Morgan fingerprint density at radius 2 is 1.67 bits per heavy atom. The predicted octanol–water partition coefficient (Wildman–Crippen LogP) is 4.34. The van der Waals surface area contributed by atoms with Crippen molar-refractivity contribution in [2.75, 3.05) is 5.32 Å². The molecule has 1 unspecified atom stereocenters. The van der Waals surface area contributed by atoms with Crippen LogP contribution in [-0.2, 0) is 21.2 Å². The average Bonchev–Trinajstić information content (AvgIpc) is 3.28. The quantitative estimate of drug-likeness (QED) is 0.391. The van der Waals surface area contributed by atoms with Crippen LogP contribution in [0.4, 0.5) is 5.69 Å². The van der Waals surface area contributed by atoms with Crippen molar-refractivity contribution >= 4 is 44.4 Å². The number of hydrogen-bond acceptors (Lipinski definition) is 6. The van der Waals surface area contributed by atoms with Gasteiger partial charge in [-0.25, -0.2) is 8.42 Å². The van der Waals surface area contributed by atoms with Crippen molar-refractivity contribution in [1.82, 2.24) is 13.5 Å². The van der Waals surface area contributed by atoms with Crippen LogP contribution in [-0.4, -0.2) is 29.1 Å². The monoisotopic (exact) mass is 480 g/mol. The van der Waals surface area contributed by atoms with Crippen molar-refractivity contribution in [2.24, 2.45) is 0 Å². The molecule has 0 aliphatic heterocycles. The van der Waals surface area contributed by atoms with E-state index in [9.17, 15) is 13.2 Å².